The molecule has 6 nitrogen and oxygen atoms in total. The van der Waals surface area contributed by atoms with Crippen LogP contribution in [0.15, 0.2) is 55.1 Å². The minimum Gasteiger partial charge on any atom is -0.493 e. The Bertz CT molecular complexity index is 976. The summed E-state index contributed by atoms with van der Waals surface area (Å²) in [7, 11) is 0. The van der Waals surface area contributed by atoms with Crippen LogP contribution in [-0.2, 0) is 4.79 Å². The molecule has 0 radical (unpaired) electrons. The average molecular weight is 441 g/mol. The lowest BCUT2D eigenvalue weighted by atomic mass is 9.97. The highest BCUT2D eigenvalue weighted by Gasteiger charge is 2.28. The molecule has 1 aliphatic heterocycles. The van der Waals surface area contributed by atoms with Gasteiger partial charge in [0, 0.05) is 38.1 Å². The quantitative estimate of drug-likeness (QED) is 0.634. The van der Waals surface area contributed by atoms with E-state index in [0.717, 1.165) is 5.56 Å². The van der Waals surface area contributed by atoms with E-state index in [-0.39, 0.29) is 29.2 Å². The van der Waals surface area contributed by atoms with E-state index < -0.39 is 5.97 Å². The van der Waals surface area contributed by atoms with E-state index in [0.29, 0.717) is 44.1 Å². The molecule has 0 saturated carbocycles. The van der Waals surface area contributed by atoms with Gasteiger partial charge < -0.3 is 14.7 Å². The Kier molecular flexibility index (Phi) is 7.64. The average Bonchev–Trinajstić information content (AvgIpc) is 2.78. The second kappa shape index (κ2) is 10.4. The van der Waals surface area contributed by atoms with Crippen molar-refractivity contribution in [1.82, 2.24) is 9.80 Å². The monoisotopic (exact) mass is 440 g/mol. The number of aryl methyl sites for hydroxylation is 1. The smallest absolute Gasteiger partial charge is 0.335 e. The summed E-state index contributed by atoms with van der Waals surface area (Å²) in [6.45, 7) is 10.3. The highest BCUT2D eigenvalue weighted by Crippen LogP contribution is 2.24. The second-order valence-electron chi connectivity index (χ2n) is 8.19. The number of rotatable bonds is 8. The zero-order valence-electron chi connectivity index (χ0n) is 18.5. The van der Waals surface area contributed by atoms with Crippen molar-refractivity contribution in [3.63, 3.8) is 0 Å². The maximum atomic E-state index is 14.3. The molecule has 0 aliphatic carbocycles. The summed E-state index contributed by atoms with van der Waals surface area (Å²) in [6, 6.07) is 11.5. The Morgan fingerprint density at radius 2 is 1.97 bits per heavy atom. The van der Waals surface area contributed by atoms with Crippen LogP contribution in [-0.4, -0.2) is 65.6 Å². The van der Waals surface area contributed by atoms with Crippen molar-refractivity contribution in [2.45, 2.75) is 25.8 Å². The summed E-state index contributed by atoms with van der Waals surface area (Å²) in [4.78, 5) is 27.1. The van der Waals surface area contributed by atoms with Crippen LogP contribution in [0.2, 0.25) is 0 Å². The highest BCUT2D eigenvalue weighted by atomic mass is 19.1. The largest absolute Gasteiger partial charge is 0.493 e. The number of carbonyl (C=O) groups excluding carboxylic acids is 1. The minimum atomic E-state index is -0.993. The molecule has 2 aromatic rings. The number of benzene rings is 2. The van der Waals surface area contributed by atoms with Crippen LogP contribution >= 0.6 is 0 Å². The Balaban J connectivity index is 1.72. The number of carbonyl (C=O) groups is 2. The maximum Gasteiger partial charge on any atom is 0.335 e. The number of amides is 1. The van der Waals surface area contributed by atoms with E-state index in [2.05, 4.69) is 11.5 Å². The summed E-state index contributed by atoms with van der Waals surface area (Å²) >= 11 is 0. The van der Waals surface area contributed by atoms with Crippen molar-refractivity contribution < 1.29 is 23.8 Å². The Morgan fingerprint density at radius 3 is 2.56 bits per heavy atom. The molecular weight excluding hydrogens is 411 g/mol. The molecule has 170 valence electrons. The van der Waals surface area contributed by atoms with Gasteiger partial charge in [0.05, 0.1) is 12.2 Å². The van der Waals surface area contributed by atoms with Gasteiger partial charge >= 0.3 is 5.97 Å². The third kappa shape index (κ3) is 5.73. The molecule has 1 saturated heterocycles. The zero-order valence-corrected chi connectivity index (χ0v) is 18.5. The molecule has 0 spiro atoms. The predicted octanol–water partition coefficient (Wildman–Crippen LogP) is 3.71. The molecule has 1 amide bonds. The number of hydrogen-bond donors (Lipinski definition) is 1. The molecule has 0 aromatic heterocycles. The van der Waals surface area contributed by atoms with Crippen LogP contribution < -0.4 is 4.74 Å². The highest BCUT2D eigenvalue weighted by molar-refractivity contribution is 5.87. The minimum absolute atomic E-state index is 0.0501. The van der Waals surface area contributed by atoms with Gasteiger partial charge in [-0.15, -0.1) is 0 Å². The third-order valence-electron chi connectivity index (χ3n) is 5.87. The number of aromatic carboxylic acids is 1. The number of nitrogens with zero attached hydrogens (tertiary/aromatic N) is 2. The van der Waals surface area contributed by atoms with Crippen LogP contribution in [0.1, 0.15) is 34.3 Å². The predicted molar refractivity (Wildman–Crippen MR) is 121 cm³/mol. The number of carboxylic acid groups (broad SMARTS) is 1. The molecule has 1 fully saturated rings. The number of piperazine rings is 1. The molecule has 1 aliphatic rings. The Labute approximate surface area is 187 Å². The molecule has 3 rings (SSSR count). The van der Waals surface area contributed by atoms with Crippen LogP contribution in [0.4, 0.5) is 4.39 Å². The van der Waals surface area contributed by atoms with E-state index in [1.165, 1.54) is 18.2 Å². The number of hydrogen-bond acceptors (Lipinski definition) is 4. The lowest BCUT2D eigenvalue weighted by molar-refractivity contribution is -0.130. The Morgan fingerprint density at radius 1 is 1.25 bits per heavy atom. The molecule has 0 unspecified atom stereocenters. The second-order valence-corrected chi connectivity index (χ2v) is 8.19. The first kappa shape index (κ1) is 23.5. The number of halogens is 1. The zero-order chi connectivity index (χ0) is 23.3. The molecule has 7 heteroatoms. The van der Waals surface area contributed by atoms with Crippen molar-refractivity contribution in [1.29, 1.82) is 0 Å². The van der Waals surface area contributed by atoms with Gasteiger partial charge in [-0.25, -0.2) is 9.18 Å². The van der Waals surface area contributed by atoms with Crippen molar-refractivity contribution in [2.75, 3.05) is 32.8 Å². The first-order chi connectivity index (χ1) is 15.3. The van der Waals surface area contributed by atoms with Crippen molar-refractivity contribution >= 4 is 11.9 Å². The SMILES string of the molecule is C=CC(=O)N1CCN(C[C@H](COc2ccc(C(=O)O)cc2)c2ccc(C)c(F)c2)C[C@H]1C. The van der Waals surface area contributed by atoms with E-state index in [9.17, 15) is 14.0 Å². The van der Waals surface area contributed by atoms with E-state index >= 15 is 0 Å². The first-order valence-corrected chi connectivity index (χ1v) is 10.7. The van der Waals surface area contributed by atoms with Crippen LogP contribution in [0.5, 0.6) is 5.75 Å². The fraction of sp³-hybridized carbons (Fsp3) is 0.360. The third-order valence-corrected chi connectivity index (χ3v) is 5.87. The van der Waals surface area contributed by atoms with Crippen LogP contribution in [0, 0.1) is 12.7 Å². The van der Waals surface area contributed by atoms with Gasteiger partial charge in [-0.1, -0.05) is 18.7 Å². The molecule has 2 atom stereocenters. The fourth-order valence-corrected chi connectivity index (χ4v) is 3.96. The lowest BCUT2D eigenvalue weighted by Crippen LogP contribution is -2.54. The van der Waals surface area contributed by atoms with Crippen molar-refractivity contribution in [3.05, 3.63) is 77.6 Å². The van der Waals surface area contributed by atoms with Gasteiger partial charge in [0.1, 0.15) is 11.6 Å². The van der Waals surface area contributed by atoms with Gasteiger partial charge in [0.15, 0.2) is 0 Å². The summed E-state index contributed by atoms with van der Waals surface area (Å²) < 4.78 is 20.2. The fourth-order valence-electron chi connectivity index (χ4n) is 3.96. The van der Waals surface area contributed by atoms with Crippen molar-refractivity contribution in [3.8, 4) is 5.75 Å². The first-order valence-electron chi connectivity index (χ1n) is 10.7. The van der Waals surface area contributed by atoms with E-state index in [1.807, 2.05) is 17.9 Å². The van der Waals surface area contributed by atoms with Gasteiger partial charge in [-0.3, -0.25) is 9.69 Å². The molecule has 0 bridgehead atoms. The van der Waals surface area contributed by atoms with Gasteiger partial charge in [-0.05, 0) is 61.4 Å². The summed E-state index contributed by atoms with van der Waals surface area (Å²) in [6.07, 6.45) is 1.34. The topological polar surface area (TPSA) is 70.1 Å². The number of ether oxygens (including phenoxy) is 1. The molecule has 1 heterocycles. The lowest BCUT2D eigenvalue weighted by Gasteiger charge is -2.40. The number of carboxylic acids is 1. The van der Waals surface area contributed by atoms with Gasteiger partial charge in [-0.2, -0.15) is 0 Å². The maximum absolute atomic E-state index is 14.3. The van der Waals surface area contributed by atoms with E-state index in [1.54, 1.807) is 31.2 Å². The van der Waals surface area contributed by atoms with E-state index in [4.69, 9.17) is 9.84 Å². The summed E-state index contributed by atoms with van der Waals surface area (Å²) in [5, 5.41) is 9.05. The summed E-state index contributed by atoms with van der Waals surface area (Å²) in [5.74, 6) is -0.858. The van der Waals surface area contributed by atoms with Crippen LogP contribution in [0.3, 0.4) is 0 Å². The molecule has 2 aromatic carbocycles. The molecule has 1 N–H and O–H groups in total. The van der Waals surface area contributed by atoms with Crippen LogP contribution in [0.25, 0.3) is 0 Å². The molecule has 32 heavy (non-hydrogen) atoms. The summed E-state index contributed by atoms with van der Waals surface area (Å²) in [5.41, 5.74) is 1.62. The van der Waals surface area contributed by atoms with Gasteiger partial charge in [0.2, 0.25) is 5.91 Å². The van der Waals surface area contributed by atoms with Gasteiger partial charge in [0.25, 0.3) is 0 Å². The van der Waals surface area contributed by atoms with Crippen molar-refractivity contribution in [2.24, 2.45) is 0 Å². The Hall–Kier alpha value is -3.19. The standard InChI is InChI=1S/C25H29FN2O4/c1-4-24(29)28-12-11-27(14-18(28)3)15-21(20-6-5-17(2)23(26)13-20)16-32-22-9-7-19(8-10-22)25(30)31/h4-10,13,18,21H,1,11-12,14-16H2,2-3H3,(H,30,31)/t18-,21-/m1/s1. The normalized spacial score (nSPS) is 17.6. The molecular formula is C25H29FN2O4.